The molecule has 1 fully saturated rings. The molecule has 2 atom stereocenters. The molecule has 0 bridgehead atoms. The third-order valence-electron chi connectivity index (χ3n) is 4.29. The first-order valence-electron chi connectivity index (χ1n) is 8.02. The minimum Gasteiger partial charge on any atom is -0.388 e. The summed E-state index contributed by atoms with van der Waals surface area (Å²) >= 11 is 1.46. The van der Waals surface area contributed by atoms with Gasteiger partial charge in [0.2, 0.25) is 0 Å². The number of anilines is 1. The minimum absolute atomic E-state index is 0.110. The molecule has 126 valence electrons. The molecule has 2 heterocycles. The van der Waals surface area contributed by atoms with Crippen molar-refractivity contribution in [3.05, 3.63) is 52.7 Å². The molecule has 0 saturated carbocycles. The summed E-state index contributed by atoms with van der Waals surface area (Å²) in [6, 6.07) is 11.0. The second-order valence-corrected chi connectivity index (χ2v) is 6.70. The van der Waals surface area contributed by atoms with Crippen LogP contribution in [0.15, 0.2) is 47.2 Å². The zero-order valence-electron chi connectivity index (χ0n) is 13.2. The van der Waals surface area contributed by atoms with Crippen LogP contribution in [0.1, 0.15) is 30.9 Å². The molecule has 1 saturated heterocycles. The second kappa shape index (κ2) is 7.59. The van der Waals surface area contributed by atoms with E-state index in [0.29, 0.717) is 18.7 Å². The summed E-state index contributed by atoms with van der Waals surface area (Å²) in [6.45, 7) is 0.558. The van der Waals surface area contributed by atoms with Crippen molar-refractivity contribution in [2.45, 2.75) is 31.4 Å². The van der Waals surface area contributed by atoms with Crippen molar-refractivity contribution in [2.75, 3.05) is 11.9 Å². The molecule has 3 rings (SSSR count). The van der Waals surface area contributed by atoms with Gasteiger partial charge >= 0.3 is 11.8 Å². The van der Waals surface area contributed by atoms with Crippen LogP contribution in [0.2, 0.25) is 0 Å². The van der Waals surface area contributed by atoms with Crippen molar-refractivity contribution in [2.24, 2.45) is 0 Å². The molecular formula is C18H20N2O3S. The maximum Gasteiger partial charge on any atom is 0.313 e. The van der Waals surface area contributed by atoms with E-state index in [9.17, 15) is 14.7 Å². The Balaban J connectivity index is 1.62. The zero-order chi connectivity index (χ0) is 16.9. The van der Waals surface area contributed by atoms with Crippen LogP contribution < -0.4 is 5.32 Å². The lowest BCUT2D eigenvalue weighted by atomic mass is 10.0. The van der Waals surface area contributed by atoms with Crippen LogP contribution in [0.4, 0.5) is 5.69 Å². The maximum atomic E-state index is 12.4. The number of amides is 2. The number of carbonyl (C=O) groups is 2. The third-order valence-corrected chi connectivity index (χ3v) is 4.97. The first kappa shape index (κ1) is 16.7. The summed E-state index contributed by atoms with van der Waals surface area (Å²) in [5.41, 5.74) is 1.47. The highest BCUT2D eigenvalue weighted by Gasteiger charge is 2.33. The van der Waals surface area contributed by atoms with Crippen LogP contribution >= 0.6 is 11.3 Å². The fraction of sp³-hybridized carbons (Fsp3) is 0.333. The average Bonchev–Trinajstić information content (AvgIpc) is 3.26. The summed E-state index contributed by atoms with van der Waals surface area (Å²) < 4.78 is 0. The molecular weight excluding hydrogens is 324 g/mol. The van der Waals surface area contributed by atoms with E-state index < -0.39 is 17.9 Å². The summed E-state index contributed by atoms with van der Waals surface area (Å²) in [5, 5.41) is 16.6. The number of benzene rings is 1. The predicted molar refractivity (Wildman–Crippen MR) is 93.7 cm³/mol. The highest BCUT2D eigenvalue weighted by molar-refractivity contribution is 7.08. The van der Waals surface area contributed by atoms with E-state index in [4.69, 9.17) is 0 Å². The normalized spacial score (nSPS) is 18.4. The van der Waals surface area contributed by atoms with E-state index in [1.54, 1.807) is 16.3 Å². The first-order valence-corrected chi connectivity index (χ1v) is 8.96. The monoisotopic (exact) mass is 344 g/mol. The van der Waals surface area contributed by atoms with Gasteiger partial charge in [0, 0.05) is 18.0 Å². The van der Waals surface area contributed by atoms with E-state index in [1.165, 1.54) is 11.3 Å². The van der Waals surface area contributed by atoms with Gasteiger partial charge in [-0.05, 0) is 36.3 Å². The quantitative estimate of drug-likeness (QED) is 0.838. The van der Waals surface area contributed by atoms with E-state index in [1.807, 2.05) is 35.7 Å². The van der Waals surface area contributed by atoms with Gasteiger partial charge in [0.05, 0.1) is 11.8 Å². The topological polar surface area (TPSA) is 69.6 Å². The van der Waals surface area contributed by atoms with Crippen molar-refractivity contribution in [3.8, 4) is 0 Å². The van der Waals surface area contributed by atoms with Crippen LogP contribution in [-0.2, 0) is 9.59 Å². The third kappa shape index (κ3) is 3.83. The smallest absolute Gasteiger partial charge is 0.313 e. The largest absolute Gasteiger partial charge is 0.388 e. The second-order valence-electron chi connectivity index (χ2n) is 5.92. The molecule has 2 unspecified atom stereocenters. The molecule has 2 aromatic rings. The van der Waals surface area contributed by atoms with Crippen molar-refractivity contribution >= 4 is 28.8 Å². The van der Waals surface area contributed by atoms with Crippen LogP contribution in [0.25, 0.3) is 0 Å². The number of carbonyl (C=O) groups excluding carboxylic acids is 2. The zero-order valence-corrected chi connectivity index (χ0v) is 14.0. The number of aliphatic hydroxyl groups excluding tert-OH is 1. The fourth-order valence-corrected chi connectivity index (χ4v) is 3.66. The highest BCUT2D eigenvalue weighted by Crippen LogP contribution is 2.27. The van der Waals surface area contributed by atoms with Gasteiger partial charge in [-0.1, -0.05) is 30.3 Å². The fourth-order valence-electron chi connectivity index (χ4n) is 3.07. The number of likely N-dealkylation sites (tertiary alicyclic amines) is 1. The number of hydrogen-bond donors (Lipinski definition) is 2. The maximum absolute atomic E-state index is 12.4. The molecule has 1 aromatic heterocycles. The molecule has 2 N–H and O–H groups in total. The van der Waals surface area contributed by atoms with Crippen molar-refractivity contribution < 1.29 is 14.7 Å². The lowest BCUT2D eigenvalue weighted by molar-refractivity contribution is -0.144. The number of nitrogens with one attached hydrogen (secondary N) is 1. The van der Waals surface area contributed by atoms with E-state index in [2.05, 4.69) is 5.32 Å². The summed E-state index contributed by atoms with van der Waals surface area (Å²) in [7, 11) is 0. The van der Waals surface area contributed by atoms with Crippen LogP contribution in [0.3, 0.4) is 0 Å². The van der Waals surface area contributed by atoms with Gasteiger partial charge in [0.15, 0.2) is 0 Å². The molecule has 0 aliphatic carbocycles. The van der Waals surface area contributed by atoms with Gasteiger partial charge in [-0.15, -0.1) is 0 Å². The summed E-state index contributed by atoms with van der Waals surface area (Å²) in [4.78, 5) is 26.2. The molecule has 24 heavy (non-hydrogen) atoms. The first-order chi connectivity index (χ1) is 11.6. The SMILES string of the molecule is O=C(Nc1ccsc1)C(=O)N1CCCC1CC(O)c1ccccc1. The molecule has 0 spiro atoms. The Hall–Kier alpha value is -2.18. The molecule has 5 nitrogen and oxygen atoms in total. The van der Waals surface area contributed by atoms with E-state index >= 15 is 0 Å². The van der Waals surface area contributed by atoms with Crippen molar-refractivity contribution in [1.29, 1.82) is 0 Å². The number of rotatable bonds is 4. The van der Waals surface area contributed by atoms with Gasteiger partial charge in [-0.3, -0.25) is 9.59 Å². The number of nitrogens with zero attached hydrogens (tertiary/aromatic N) is 1. The van der Waals surface area contributed by atoms with Gasteiger partial charge in [-0.25, -0.2) is 0 Å². The van der Waals surface area contributed by atoms with E-state index in [-0.39, 0.29) is 6.04 Å². The lowest BCUT2D eigenvalue weighted by Crippen LogP contribution is -2.43. The molecule has 1 aliphatic rings. The Morgan fingerprint density at radius 1 is 1.29 bits per heavy atom. The van der Waals surface area contributed by atoms with Gasteiger partial charge in [0.25, 0.3) is 0 Å². The van der Waals surface area contributed by atoms with Gasteiger partial charge in [0.1, 0.15) is 0 Å². The van der Waals surface area contributed by atoms with E-state index in [0.717, 1.165) is 18.4 Å². The van der Waals surface area contributed by atoms with Crippen LogP contribution in [0.5, 0.6) is 0 Å². The lowest BCUT2D eigenvalue weighted by Gasteiger charge is -2.26. The van der Waals surface area contributed by atoms with Crippen molar-refractivity contribution in [1.82, 2.24) is 4.90 Å². The molecule has 1 aromatic carbocycles. The van der Waals surface area contributed by atoms with Gasteiger partial charge < -0.3 is 15.3 Å². The Kier molecular flexibility index (Phi) is 5.27. The Morgan fingerprint density at radius 2 is 2.08 bits per heavy atom. The predicted octanol–water partition coefficient (Wildman–Crippen LogP) is 2.80. The summed E-state index contributed by atoms with van der Waals surface area (Å²) in [5.74, 6) is -1.14. The minimum atomic E-state index is -0.635. The van der Waals surface area contributed by atoms with Crippen LogP contribution in [-0.4, -0.2) is 34.4 Å². The van der Waals surface area contributed by atoms with Gasteiger partial charge in [-0.2, -0.15) is 11.3 Å². The number of hydrogen-bond acceptors (Lipinski definition) is 4. The molecule has 2 amide bonds. The number of thiophene rings is 1. The Labute approximate surface area is 144 Å². The Bertz CT molecular complexity index is 688. The summed E-state index contributed by atoms with van der Waals surface area (Å²) in [6.07, 6.45) is 1.47. The molecule has 0 radical (unpaired) electrons. The number of aliphatic hydroxyl groups is 1. The Morgan fingerprint density at radius 3 is 2.79 bits per heavy atom. The van der Waals surface area contributed by atoms with Crippen LogP contribution in [0, 0.1) is 0 Å². The highest BCUT2D eigenvalue weighted by atomic mass is 32.1. The average molecular weight is 344 g/mol. The molecule has 1 aliphatic heterocycles. The molecule has 6 heteroatoms. The standard InChI is InChI=1S/C18H20N2O3S/c21-16(13-5-2-1-3-6-13)11-15-7-4-9-20(15)18(23)17(22)19-14-8-10-24-12-14/h1-3,5-6,8,10,12,15-16,21H,4,7,9,11H2,(H,19,22). The van der Waals surface area contributed by atoms with Crippen molar-refractivity contribution in [3.63, 3.8) is 0 Å².